The van der Waals surface area contributed by atoms with E-state index in [-0.39, 0.29) is 5.56 Å². The van der Waals surface area contributed by atoms with E-state index >= 15 is 0 Å². The van der Waals surface area contributed by atoms with E-state index in [1.54, 1.807) is 22.9 Å². The average Bonchev–Trinajstić information content (AvgIpc) is 2.56. The molecule has 0 atom stereocenters. The van der Waals surface area contributed by atoms with Crippen LogP contribution in [0.25, 0.3) is 5.69 Å². The molecule has 0 saturated carbocycles. The fraction of sp³-hybridized carbons (Fsp3) is 0.167. The quantitative estimate of drug-likeness (QED) is 0.872. The highest BCUT2D eigenvalue weighted by Crippen LogP contribution is 2.28. The summed E-state index contributed by atoms with van der Waals surface area (Å²) < 4.78 is 3.06. The third kappa shape index (κ3) is 2.10. The van der Waals surface area contributed by atoms with Crippen molar-refractivity contribution in [1.82, 2.24) is 9.78 Å². The molecule has 0 amide bonds. The Kier molecular flexibility index (Phi) is 3.59. The van der Waals surface area contributed by atoms with Crippen molar-refractivity contribution in [3.63, 3.8) is 0 Å². The predicted molar refractivity (Wildman–Crippen MR) is 75.4 cm³/mol. The molecule has 1 aromatic carbocycles. The molecule has 0 aliphatic carbocycles. The van der Waals surface area contributed by atoms with Crippen LogP contribution >= 0.6 is 31.9 Å². The number of carboxylic acid groups (broad SMARTS) is 1. The van der Waals surface area contributed by atoms with Crippen molar-refractivity contribution in [3.05, 3.63) is 44.1 Å². The highest BCUT2D eigenvalue weighted by molar-refractivity contribution is 9.10. The van der Waals surface area contributed by atoms with Crippen LogP contribution in [0.3, 0.4) is 0 Å². The van der Waals surface area contributed by atoms with Crippen LogP contribution in [0.4, 0.5) is 0 Å². The third-order valence-corrected chi connectivity index (χ3v) is 4.45. The molecule has 0 saturated heterocycles. The van der Waals surface area contributed by atoms with Gasteiger partial charge >= 0.3 is 5.97 Å². The SMILES string of the molecule is Cc1nn(-c2cccc(Br)c2C(=O)O)c(C)c1Br. The average molecular weight is 374 g/mol. The second-order valence-corrected chi connectivity index (χ2v) is 5.48. The summed E-state index contributed by atoms with van der Waals surface area (Å²) in [5.74, 6) is -0.985. The number of rotatable bonds is 2. The number of carbonyl (C=O) groups is 1. The molecule has 0 aliphatic heterocycles. The lowest BCUT2D eigenvalue weighted by molar-refractivity contribution is 0.0695. The molecule has 18 heavy (non-hydrogen) atoms. The maximum absolute atomic E-state index is 11.3. The first kappa shape index (κ1) is 13.3. The van der Waals surface area contributed by atoms with Crippen LogP contribution in [-0.2, 0) is 0 Å². The van der Waals surface area contributed by atoms with Crippen LogP contribution in [0.15, 0.2) is 27.1 Å². The topological polar surface area (TPSA) is 55.1 Å². The lowest BCUT2D eigenvalue weighted by Crippen LogP contribution is -2.08. The molecular weight excluding hydrogens is 364 g/mol. The highest BCUT2D eigenvalue weighted by atomic mass is 79.9. The van der Waals surface area contributed by atoms with Gasteiger partial charge in [0.15, 0.2) is 0 Å². The molecule has 94 valence electrons. The standard InChI is InChI=1S/C12H10Br2N2O2/c1-6-11(14)7(2)16(15-6)9-5-3-4-8(13)10(9)12(17)18/h3-5H,1-2H3,(H,17,18). The third-order valence-electron chi connectivity index (χ3n) is 2.64. The lowest BCUT2D eigenvalue weighted by Gasteiger charge is -2.09. The summed E-state index contributed by atoms with van der Waals surface area (Å²) in [6.07, 6.45) is 0. The largest absolute Gasteiger partial charge is 0.478 e. The van der Waals surface area contributed by atoms with Gasteiger partial charge in [0.1, 0.15) is 0 Å². The van der Waals surface area contributed by atoms with Gasteiger partial charge in [-0.05, 0) is 57.8 Å². The highest BCUT2D eigenvalue weighted by Gasteiger charge is 2.19. The van der Waals surface area contributed by atoms with Crippen LogP contribution in [0.5, 0.6) is 0 Å². The van der Waals surface area contributed by atoms with E-state index in [0.29, 0.717) is 10.2 Å². The molecule has 0 spiro atoms. The van der Waals surface area contributed by atoms with Crippen LogP contribution in [0.2, 0.25) is 0 Å². The minimum Gasteiger partial charge on any atom is -0.478 e. The van der Waals surface area contributed by atoms with Gasteiger partial charge in [0.25, 0.3) is 0 Å². The Labute approximate surface area is 121 Å². The number of benzene rings is 1. The second kappa shape index (κ2) is 4.85. The Morgan fingerprint density at radius 3 is 2.50 bits per heavy atom. The summed E-state index contributed by atoms with van der Waals surface area (Å²) >= 11 is 6.70. The Morgan fingerprint density at radius 2 is 2.00 bits per heavy atom. The minimum atomic E-state index is -0.985. The summed E-state index contributed by atoms with van der Waals surface area (Å²) in [6, 6.07) is 5.23. The van der Waals surface area contributed by atoms with Gasteiger partial charge in [0.05, 0.1) is 27.1 Å². The van der Waals surface area contributed by atoms with Crippen molar-refractivity contribution >= 4 is 37.8 Å². The summed E-state index contributed by atoms with van der Waals surface area (Å²) in [6.45, 7) is 3.75. The van der Waals surface area contributed by atoms with Gasteiger partial charge in [0, 0.05) is 4.47 Å². The maximum Gasteiger partial charge on any atom is 0.339 e. The zero-order valence-electron chi connectivity index (χ0n) is 9.74. The van der Waals surface area contributed by atoms with Crippen molar-refractivity contribution in [2.75, 3.05) is 0 Å². The first-order valence-corrected chi connectivity index (χ1v) is 6.76. The van der Waals surface area contributed by atoms with E-state index in [0.717, 1.165) is 15.9 Å². The van der Waals surface area contributed by atoms with Gasteiger partial charge < -0.3 is 5.11 Å². The van der Waals surface area contributed by atoms with Crippen molar-refractivity contribution in [3.8, 4) is 5.69 Å². The van der Waals surface area contributed by atoms with Crippen molar-refractivity contribution in [2.45, 2.75) is 13.8 Å². The first-order valence-electron chi connectivity index (χ1n) is 5.17. The van der Waals surface area contributed by atoms with Gasteiger partial charge in [-0.3, -0.25) is 0 Å². The zero-order chi connectivity index (χ0) is 13.4. The summed E-state index contributed by atoms with van der Waals surface area (Å²) in [4.78, 5) is 11.3. The monoisotopic (exact) mass is 372 g/mol. The van der Waals surface area contributed by atoms with Crippen molar-refractivity contribution in [2.24, 2.45) is 0 Å². The number of aromatic nitrogens is 2. The summed E-state index contributed by atoms with van der Waals surface area (Å²) in [5, 5.41) is 13.6. The van der Waals surface area contributed by atoms with Crippen molar-refractivity contribution in [1.29, 1.82) is 0 Å². The van der Waals surface area contributed by atoms with Gasteiger partial charge in [-0.1, -0.05) is 6.07 Å². The Morgan fingerprint density at radius 1 is 1.33 bits per heavy atom. The number of nitrogens with zero attached hydrogens (tertiary/aromatic N) is 2. The van der Waals surface area contributed by atoms with Gasteiger partial charge in [-0.2, -0.15) is 5.10 Å². The van der Waals surface area contributed by atoms with E-state index in [1.165, 1.54) is 0 Å². The summed E-state index contributed by atoms with van der Waals surface area (Å²) in [7, 11) is 0. The molecule has 1 N–H and O–H groups in total. The molecule has 1 aromatic heterocycles. The maximum atomic E-state index is 11.3. The first-order chi connectivity index (χ1) is 8.43. The van der Waals surface area contributed by atoms with E-state index < -0.39 is 5.97 Å². The molecule has 0 fully saturated rings. The van der Waals surface area contributed by atoms with Crippen LogP contribution in [0.1, 0.15) is 21.7 Å². The number of aromatic carboxylic acids is 1. The molecule has 0 bridgehead atoms. The van der Waals surface area contributed by atoms with Crippen molar-refractivity contribution < 1.29 is 9.90 Å². The van der Waals surface area contributed by atoms with Gasteiger partial charge in [-0.15, -0.1) is 0 Å². The molecule has 0 unspecified atom stereocenters. The number of hydrogen-bond donors (Lipinski definition) is 1. The zero-order valence-corrected chi connectivity index (χ0v) is 12.9. The smallest absolute Gasteiger partial charge is 0.339 e. The number of hydrogen-bond acceptors (Lipinski definition) is 2. The Balaban J connectivity index is 2.75. The van der Waals surface area contributed by atoms with E-state index in [9.17, 15) is 9.90 Å². The number of aryl methyl sites for hydroxylation is 1. The normalized spacial score (nSPS) is 10.7. The fourth-order valence-electron chi connectivity index (χ4n) is 1.76. The van der Waals surface area contributed by atoms with E-state index in [4.69, 9.17) is 0 Å². The predicted octanol–water partition coefficient (Wildman–Crippen LogP) is 3.71. The molecule has 2 aromatic rings. The van der Waals surface area contributed by atoms with Crippen LogP contribution in [0, 0.1) is 13.8 Å². The molecule has 0 aliphatic rings. The molecule has 0 radical (unpaired) electrons. The molecular formula is C12H10Br2N2O2. The molecule has 2 rings (SSSR count). The Bertz CT molecular complexity index is 635. The van der Waals surface area contributed by atoms with Gasteiger partial charge in [0.2, 0.25) is 0 Å². The van der Waals surface area contributed by atoms with Crippen LogP contribution in [-0.4, -0.2) is 20.9 Å². The second-order valence-electron chi connectivity index (χ2n) is 3.84. The lowest BCUT2D eigenvalue weighted by atomic mass is 10.2. The van der Waals surface area contributed by atoms with Crippen LogP contribution < -0.4 is 0 Å². The van der Waals surface area contributed by atoms with Gasteiger partial charge in [-0.25, -0.2) is 9.48 Å². The number of halogens is 2. The fourth-order valence-corrected chi connectivity index (χ4v) is 2.53. The molecule has 6 heteroatoms. The molecule has 4 nitrogen and oxygen atoms in total. The summed E-state index contributed by atoms with van der Waals surface area (Å²) in [5.41, 5.74) is 2.44. The number of carboxylic acids is 1. The minimum absolute atomic E-state index is 0.204. The Hall–Kier alpha value is -1.14. The molecule has 1 heterocycles. The van der Waals surface area contributed by atoms with E-state index in [1.807, 2.05) is 13.8 Å². The van der Waals surface area contributed by atoms with E-state index in [2.05, 4.69) is 37.0 Å².